The third kappa shape index (κ3) is 5.33. The van der Waals surface area contributed by atoms with Crippen molar-refractivity contribution < 1.29 is 9.59 Å². The zero-order valence-electron chi connectivity index (χ0n) is 16.9. The van der Waals surface area contributed by atoms with E-state index in [4.69, 9.17) is 0 Å². The van der Waals surface area contributed by atoms with Crippen LogP contribution in [0.4, 0.5) is 17.1 Å². The van der Waals surface area contributed by atoms with Crippen LogP contribution in [0.1, 0.15) is 31.9 Å². The normalized spacial score (nSPS) is 10.4. The number of nitrogens with zero attached hydrogens (tertiary/aromatic N) is 2. The first-order valence-electron chi connectivity index (χ1n) is 9.35. The molecule has 1 N–H and O–H groups in total. The molecule has 27 heavy (non-hydrogen) atoms. The lowest BCUT2D eigenvalue weighted by atomic mass is 10.1. The van der Waals surface area contributed by atoms with Gasteiger partial charge in [-0.1, -0.05) is 12.1 Å². The van der Waals surface area contributed by atoms with Gasteiger partial charge in [0.05, 0.1) is 0 Å². The Morgan fingerprint density at radius 2 is 1.67 bits per heavy atom. The van der Waals surface area contributed by atoms with Gasteiger partial charge >= 0.3 is 0 Å². The Bertz CT molecular complexity index is 813. The fourth-order valence-corrected chi connectivity index (χ4v) is 3.09. The summed E-state index contributed by atoms with van der Waals surface area (Å²) in [6.45, 7) is 11.5. The molecule has 2 aromatic carbocycles. The summed E-state index contributed by atoms with van der Waals surface area (Å²) < 4.78 is 0. The van der Waals surface area contributed by atoms with Crippen molar-refractivity contribution in [2.24, 2.45) is 0 Å². The van der Waals surface area contributed by atoms with Crippen LogP contribution in [0.5, 0.6) is 0 Å². The quantitative estimate of drug-likeness (QED) is 0.800. The van der Waals surface area contributed by atoms with Crippen molar-refractivity contribution in [2.75, 3.05) is 34.8 Å². The maximum absolute atomic E-state index is 12.6. The van der Waals surface area contributed by atoms with Gasteiger partial charge in [-0.2, -0.15) is 0 Å². The van der Waals surface area contributed by atoms with E-state index >= 15 is 0 Å². The first-order chi connectivity index (χ1) is 12.8. The molecule has 0 radical (unpaired) electrons. The van der Waals surface area contributed by atoms with Gasteiger partial charge in [0.25, 0.3) is 0 Å². The highest BCUT2D eigenvalue weighted by atomic mass is 16.2. The molecule has 0 aliphatic heterocycles. The second-order valence-corrected chi connectivity index (χ2v) is 6.66. The lowest BCUT2D eigenvalue weighted by Gasteiger charge is -2.23. The highest BCUT2D eigenvalue weighted by molar-refractivity contribution is 6.02. The van der Waals surface area contributed by atoms with Gasteiger partial charge in [0.15, 0.2) is 0 Å². The summed E-state index contributed by atoms with van der Waals surface area (Å²) in [5.74, 6) is -0.380. The number of carbonyl (C=O) groups is 2. The molecular weight excluding hydrogens is 338 g/mol. The topological polar surface area (TPSA) is 52.7 Å². The van der Waals surface area contributed by atoms with Crippen molar-refractivity contribution in [1.82, 2.24) is 0 Å². The molecular formula is C22H29N3O2. The average Bonchev–Trinajstić information content (AvgIpc) is 2.62. The molecule has 0 aliphatic carbocycles. The number of hydrogen-bond acceptors (Lipinski definition) is 3. The number of hydrogen-bond donors (Lipinski definition) is 1. The molecule has 0 saturated heterocycles. The molecule has 0 atom stereocenters. The van der Waals surface area contributed by atoms with Crippen molar-refractivity contribution in [3.8, 4) is 0 Å². The lowest BCUT2D eigenvalue weighted by molar-refractivity contribution is -0.120. The van der Waals surface area contributed by atoms with Crippen molar-refractivity contribution >= 4 is 28.9 Å². The van der Waals surface area contributed by atoms with Crippen LogP contribution in [0, 0.1) is 13.8 Å². The second kappa shape index (κ2) is 9.21. The number of benzene rings is 2. The number of nitrogens with one attached hydrogen (secondary N) is 1. The van der Waals surface area contributed by atoms with E-state index in [0.717, 1.165) is 41.3 Å². The molecule has 0 fully saturated rings. The van der Waals surface area contributed by atoms with E-state index in [1.165, 1.54) is 11.8 Å². The first kappa shape index (κ1) is 20.5. The van der Waals surface area contributed by atoms with Crippen LogP contribution >= 0.6 is 0 Å². The maximum Gasteiger partial charge on any atom is 0.244 e. The molecule has 2 amide bonds. The fourth-order valence-electron chi connectivity index (χ4n) is 3.09. The Morgan fingerprint density at radius 1 is 0.963 bits per heavy atom. The van der Waals surface area contributed by atoms with Gasteiger partial charge in [-0.3, -0.25) is 9.59 Å². The van der Waals surface area contributed by atoms with Crippen LogP contribution in [-0.4, -0.2) is 31.4 Å². The van der Waals surface area contributed by atoms with Crippen molar-refractivity contribution in [2.45, 2.75) is 34.6 Å². The number of amides is 2. The summed E-state index contributed by atoms with van der Waals surface area (Å²) >= 11 is 0. The van der Waals surface area contributed by atoms with E-state index in [-0.39, 0.29) is 18.4 Å². The summed E-state index contributed by atoms with van der Waals surface area (Å²) in [7, 11) is 0. The minimum atomic E-state index is -0.217. The Kier molecular flexibility index (Phi) is 6.99. The minimum Gasteiger partial charge on any atom is -0.372 e. The zero-order valence-corrected chi connectivity index (χ0v) is 16.9. The van der Waals surface area contributed by atoms with Gasteiger partial charge in [0.1, 0.15) is 6.54 Å². The highest BCUT2D eigenvalue weighted by Crippen LogP contribution is 2.23. The highest BCUT2D eigenvalue weighted by Gasteiger charge is 2.17. The molecule has 0 bridgehead atoms. The van der Waals surface area contributed by atoms with E-state index in [9.17, 15) is 9.59 Å². The number of aryl methyl sites for hydroxylation is 2. The third-order valence-electron chi connectivity index (χ3n) is 4.61. The SMILES string of the molecule is CCN(CC)c1ccc(NC(=O)CN(C(C)=O)c2cccc(C)c2)c(C)c1. The molecule has 2 aromatic rings. The van der Waals surface area contributed by atoms with Gasteiger partial charge in [0.2, 0.25) is 11.8 Å². The average molecular weight is 367 g/mol. The smallest absolute Gasteiger partial charge is 0.244 e. The van der Waals surface area contributed by atoms with Crippen LogP contribution < -0.4 is 15.1 Å². The molecule has 0 unspecified atom stereocenters. The largest absolute Gasteiger partial charge is 0.372 e. The van der Waals surface area contributed by atoms with E-state index < -0.39 is 0 Å². The minimum absolute atomic E-state index is 0.0178. The zero-order chi connectivity index (χ0) is 20.0. The summed E-state index contributed by atoms with van der Waals surface area (Å²) in [4.78, 5) is 28.3. The Hall–Kier alpha value is -2.82. The Labute approximate surface area is 162 Å². The molecule has 0 aliphatic rings. The number of anilines is 3. The summed E-state index contributed by atoms with van der Waals surface area (Å²) in [5, 5.41) is 2.93. The van der Waals surface area contributed by atoms with Crippen LogP contribution in [0.25, 0.3) is 0 Å². The van der Waals surface area contributed by atoms with Gasteiger partial charge in [0, 0.05) is 37.1 Å². The summed E-state index contributed by atoms with van der Waals surface area (Å²) in [6.07, 6.45) is 0. The molecule has 0 heterocycles. The monoisotopic (exact) mass is 367 g/mol. The first-order valence-corrected chi connectivity index (χ1v) is 9.35. The lowest BCUT2D eigenvalue weighted by Crippen LogP contribution is -2.36. The second-order valence-electron chi connectivity index (χ2n) is 6.66. The molecule has 0 aromatic heterocycles. The van der Waals surface area contributed by atoms with Crippen LogP contribution in [0.2, 0.25) is 0 Å². The predicted molar refractivity (Wildman–Crippen MR) is 113 cm³/mol. The van der Waals surface area contributed by atoms with Crippen LogP contribution in [0.3, 0.4) is 0 Å². The van der Waals surface area contributed by atoms with Crippen molar-refractivity contribution in [1.29, 1.82) is 0 Å². The van der Waals surface area contributed by atoms with Crippen molar-refractivity contribution in [3.05, 3.63) is 53.6 Å². The van der Waals surface area contributed by atoms with Gasteiger partial charge in [-0.15, -0.1) is 0 Å². The fraction of sp³-hybridized carbons (Fsp3) is 0.364. The van der Waals surface area contributed by atoms with Gasteiger partial charge in [-0.05, 0) is 69.2 Å². The summed E-state index contributed by atoms with van der Waals surface area (Å²) in [6, 6.07) is 13.6. The van der Waals surface area contributed by atoms with E-state index in [2.05, 4.69) is 30.1 Å². The van der Waals surface area contributed by atoms with E-state index in [1.807, 2.05) is 50.2 Å². The molecule has 0 saturated carbocycles. The molecule has 144 valence electrons. The number of carbonyl (C=O) groups excluding carboxylic acids is 2. The van der Waals surface area contributed by atoms with Crippen molar-refractivity contribution in [3.63, 3.8) is 0 Å². The van der Waals surface area contributed by atoms with E-state index in [0.29, 0.717) is 0 Å². The van der Waals surface area contributed by atoms with Gasteiger partial charge < -0.3 is 15.1 Å². The molecule has 2 rings (SSSR count). The Morgan fingerprint density at radius 3 is 2.22 bits per heavy atom. The standard InChI is InChI=1S/C22H29N3O2/c1-6-24(7-2)19-11-12-21(17(4)14-19)23-22(27)15-25(18(5)26)20-10-8-9-16(3)13-20/h8-14H,6-7,15H2,1-5H3,(H,23,27). The molecule has 0 spiro atoms. The molecule has 5 nitrogen and oxygen atoms in total. The third-order valence-corrected chi connectivity index (χ3v) is 4.61. The number of rotatable bonds is 7. The van der Waals surface area contributed by atoms with E-state index in [1.54, 1.807) is 0 Å². The summed E-state index contributed by atoms with van der Waals surface area (Å²) in [5.41, 5.74) is 4.68. The Balaban J connectivity index is 2.13. The van der Waals surface area contributed by atoms with Crippen LogP contribution in [-0.2, 0) is 9.59 Å². The molecule has 5 heteroatoms. The van der Waals surface area contributed by atoms with Crippen LogP contribution in [0.15, 0.2) is 42.5 Å². The van der Waals surface area contributed by atoms with Gasteiger partial charge in [-0.25, -0.2) is 0 Å². The maximum atomic E-state index is 12.6. The predicted octanol–water partition coefficient (Wildman–Crippen LogP) is 4.14.